The Bertz CT molecular complexity index is 518. The molecule has 3 rings (SSSR count). The lowest BCUT2D eigenvalue weighted by molar-refractivity contribution is 0.0384. The summed E-state index contributed by atoms with van der Waals surface area (Å²) in [6.45, 7) is 6.86. The zero-order valence-electron chi connectivity index (χ0n) is 12.2. The summed E-state index contributed by atoms with van der Waals surface area (Å²) in [5.41, 5.74) is 2.39. The summed E-state index contributed by atoms with van der Waals surface area (Å²) in [5, 5.41) is 7.73. The third-order valence-corrected chi connectivity index (χ3v) is 3.74. The molecule has 1 aromatic heterocycles. The summed E-state index contributed by atoms with van der Waals surface area (Å²) >= 11 is 0. The average molecular weight is 286 g/mol. The third-order valence-electron chi connectivity index (χ3n) is 3.74. The first-order chi connectivity index (χ1) is 10.4. The van der Waals surface area contributed by atoms with E-state index >= 15 is 0 Å². The molecule has 2 heterocycles. The van der Waals surface area contributed by atoms with Crippen molar-refractivity contribution in [2.24, 2.45) is 0 Å². The zero-order valence-corrected chi connectivity index (χ0v) is 12.2. The summed E-state index contributed by atoms with van der Waals surface area (Å²) in [5.74, 6) is 0. The zero-order chi connectivity index (χ0) is 14.3. The molecule has 0 amide bonds. The highest BCUT2D eigenvalue weighted by Gasteiger charge is 2.08. The van der Waals surface area contributed by atoms with E-state index in [-0.39, 0.29) is 0 Å². The molecule has 5 nitrogen and oxygen atoms in total. The van der Waals surface area contributed by atoms with Crippen molar-refractivity contribution >= 4 is 0 Å². The van der Waals surface area contributed by atoms with Crippen LogP contribution in [0.2, 0.25) is 0 Å². The van der Waals surface area contributed by atoms with Crippen LogP contribution in [0.5, 0.6) is 0 Å². The van der Waals surface area contributed by atoms with Gasteiger partial charge in [-0.2, -0.15) is 5.10 Å². The van der Waals surface area contributed by atoms with Crippen LogP contribution in [0.4, 0.5) is 0 Å². The van der Waals surface area contributed by atoms with Crippen LogP contribution in [0.15, 0.2) is 42.7 Å². The highest BCUT2D eigenvalue weighted by Crippen LogP contribution is 2.08. The van der Waals surface area contributed by atoms with Gasteiger partial charge in [0.15, 0.2) is 0 Å². The van der Waals surface area contributed by atoms with Crippen LogP contribution < -0.4 is 5.32 Å². The van der Waals surface area contributed by atoms with E-state index in [4.69, 9.17) is 4.74 Å². The molecule has 1 fully saturated rings. The van der Waals surface area contributed by atoms with Gasteiger partial charge in [-0.1, -0.05) is 12.1 Å². The van der Waals surface area contributed by atoms with E-state index in [0.717, 1.165) is 51.6 Å². The minimum atomic E-state index is 0.870. The number of hydrogen-bond acceptors (Lipinski definition) is 4. The molecule has 0 atom stereocenters. The fourth-order valence-corrected chi connectivity index (χ4v) is 2.48. The van der Waals surface area contributed by atoms with Gasteiger partial charge in [-0.15, -0.1) is 0 Å². The Morgan fingerprint density at radius 1 is 1.14 bits per heavy atom. The lowest BCUT2D eigenvalue weighted by Crippen LogP contribution is -2.40. The number of ether oxygens (including phenoxy) is 1. The quantitative estimate of drug-likeness (QED) is 0.813. The van der Waals surface area contributed by atoms with E-state index in [1.54, 1.807) is 6.20 Å². The number of aromatic nitrogens is 2. The van der Waals surface area contributed by atoms with Gasteiger partial charge in [-0.3, -0.25) is 4.90 Å². The molecule has 5 heteroatoms. The van der Waals surface area contributed by atoms with E-state index in [2.05, 4.69) is 39.6 Å². The van der Waals surface area contributed by atoms with Crippen LogP contribution >= 0.6 is 0 Å². The Morgan fingerprint density at radius 2 is 1.95 bits per heavy atom. The van der Waals surface area contributed by atoms with Crippen LogP contribution in [0.3, 0.4) is 0 Å². The van der Waals surface area contributed by atoms with Crippen LogP contribution in [-0.4, -0.2) is 54.1 Å². The number of nitrogens with zero attached hydrogens (tertiary/aromatic N) is 3. The van der Waals surface area contributed by atoms with Gasteiger partial charge in [0.05, 0.1) is 18.9 Å². The number of nitrogens with one attached hydrogen (secondary N) is 1. The van der Waals surface area contributed by atoms with Gasteiger partial charge >= 0.3 is 0 Å². The highest BCUT2D eigenvalue weighted by atomic mass is 16.5. The maximum Gasteiger partial charge on any atom is 0.0645 e. The van der Waals surface area contributed by atoms with E-state index < -0.39 is 0 Å². The van der Waals surface area contributed by atoms with Crippen molar-refractivity contribution in [2.45, 2.75) is 6.54 Å². The summed E-state index contributed by atoms with van der Waals surface area (Å²) in [6.07, 6.45) is 3.75. The van der Waals surface area contributed by atoms with Gasteiger partial charge in [0.1, 0.15) is 0 Å². The third kappa shape index (κ3) is 4.14. The molecule has 2 aromatic rings. The minimum Gasteiger partial charge on any atom is -0.379 e. The lowest BCUT2D eigenvalue weighted by Gasteiger charge is -2.26. The van der Waals surface area contributed by atoms with Crippen LogP contribution in [-0.2, 0) is 11.3 Å². The van der Waals surface area contributed by atoms with Crippen molar-refractivity contribution < 1.29 is 4.74 Å². The fraction of sp³-hybridized carbons (Fsp3) is 0.438. The van der Waals surface area contributed by atoms with Crippen molar-refractivity contribution in [3.8, 4) is 5.69 Å². The smallest absolute Gasteiger partial charge is 0.0645 e. The predicted octanol–water partition coefficient (Wildman–Crippen LogP) is 1.29. The molecule has 1 aliphatic heterocycles. The van der Waals surface area contributed by atoms with Crippen molar-refractivity contribution in [1.82, 2.24) is 20.0 Å². The SMILES string of the molecule is c1cnn(-c2ccc(CNCCN3CCOCC3)cc2)c1. The Balaban J connectivity index is 1.41. The second-order valence-electron chi connectivity index (χ2n) is 5.25. The molecule has 0 radical (unpaired) electrons. The van der Waals surface area contributed by atoms with Crippen molar-refractivity contribution in [2.75, 3.05) is 39.4 Å². The number of morpholine rings is 1. The molecule has 0 unspecified atom stereocenters. The van der Waals surface area contributed by atoms with Crippen LogP contribution in [0.25, 0.3) is 5.69 Å². The molecule has 21 heavy (non-hydrogen) atoms. The molecular weight excluding hydrogens is 264 g/mol. The standard InChI is InChI=1S/C16H22N4O/c1-6-18-20(8-1)16-4-2-15(3-5-16)14-17-7-9-19-10-12-21-13-11-19/h1-6,8,17H,7,9-14H2. The summed E-state index contributed by atoms with van der Waals surface area (Å²) in [6, 6.07) is 10.4. The molecule has 0 saturated carbocycles. The largest absolute Gasteiger partial charge is 0.379 e. The number of rotatable bonds is 6. The molecular formula is C16H22N4O. The first-order valence-corrected chi connectivity index (χ1v) is 7.51. The fourth-order valence-electron chi connectivity index (χ4n) is 2.48. The van der Waals surface area contributed by atoms with Crippen molar-refractivity contribution in [1.29, 1.82) is 0 Å². The molecule has 1 aromatic carbocycles. The van der Waals surface area contributed by atoms with Crippen molar-refractivity contribution in [3.63, 3.8) is 0 Å². The maximum absolute atomic E-state index is 5.35. The molecule has 0 aliphatic carbocycles. The van der Waals surface area contributed by atoms with Gasteiger partial charge in [-0.05, 0) is 23.8 Å². The van der Waals surface area contributed by atoms with Gasteiger partial charge in [-0.25, -0.2) is 4.68 Å². The number of benzene rings is 1. The predicted molar refractivity (Wildman–Crippen MR) is 82.5 cm³/mol. The molecule has 0 spiro atoms. The maximum atomic E-state index is 5.35. The molecule has 1 aliphatic rings. The Hall–Kier alpha value is -1.69. The summed E-state index contributed by atoms with van der Waals surface area (Å²) in [4.78, 5) is 2.44. The van der Waals surface area contributed by atoms with Crippen LogP contribution in [0.1, 0.15) is 5.56 Å². The monoisotopic (exact) mass is 286 g/mol. The van der Waals surface area contributed by atoms with E-state index in [0.29, 0.717) is 0 Å². The first kappa shape index (κ1) is 14.3. The second kappa shape index (κ2) is 7.36. The normalized spacial score (nSPS) is 16.2. The van der Waals surface area contributed by atoms with E-state index in [1.807, 2.05) is 16.9 Å². The summed E-state index contributed by atoms with van der Waals surface area (Å²) < 4.78 is 7.22. The minimum absolute atomic E-state index is 0.870. The Morgan fingerprint density at radius 3 is 2.67 bits per heavy atom. The first-order valence-electron chi connectivity index (χ1n) is 7.51. The summed E-state index contributed by atoms with van der Waals surface area (Å²) in [7, 11) is 0. The van der Waals surface area contributed by atoms with Gasteiger partial charge in [0, 0.05) is 45.1 Å². The lowest BCUT2D eigenvalue weighted by atomic mass is 10.2. The average Bonchev–Trinajstić information content (AvgIpc) is 3.08. The van der Waals surface area contributed by atoms with Crippen LogP contribution in [0, 0.1) is 0 Å². The number of hydrogen-bond donors (Lipinski definition) is 1. The molecule has 112 valence electrons. The highest BCUT2D eigenvalue weighted by molar-refractivity contribution is 5.33. The van der Waals surface area contributed by atoms with Gasteiger partial charge in [0.25, 0.3) is 0 Å². The topological polar surface area (TPSA) is 42.3 Å². The Kier molecular flexibility index (Phi) is 4.99. The molecule has 1 saturated heterocycles. The van der Waals surface area contributed by atoms with Crippen molar-refractivity contribution in [3.05, 3.63) is 48.3 Å². The van der Waals surface area contributed by atoms with Gasteiger partial charge < -0.3 is 10.1 Å². The molecule has 0 bridgehead atoms. The molecule has 1 N–H and O–H groups in total. The second-order valence-corrected chi connectivity index (χ2v) is 5.25. The van der Waals surface area contributed by atoms with E-state index in [1.165, 1.54) is 5.56 Å². The van der Waals surface area contributed by atoms with Gasteiger partial charge in [0.2, 0.25) is 0 Å². The Labute approximate surface area is 125 Å². The van der Waals surface area contributed by atoms with E-state index in [9.17, 15) is 0 Å².